The number of ether oxygens (including phenoxy) is 1. The van der Waals surface area contributed by atoms with Crippen molar-refractivity contribution < 1.29 is 22.7 Å². The zero-order chi connectivity index (χ0) is 30.6. The number of amides is 1. The first-order chi connectivity index (χ1) is 20.6. The number of hydrogen-bond donors (Lipinski definition) is 1. The number of carbonyl (C=O) groups is 2. The van der Waals surface area contributed by atoms with Crippen LogP contribution in [0.2, 0.25) is 0 Å². The fourth-order valence-corrected chi connectivity index (χ4v) is 6.94. The Morgan fingerprint density at radius 1 is 1.02 bits per heavy atom. The Hall–Kier alpha value is -3.83. The molecule has 0 unspecified atom stereocenters. The number of aromatic nitrogens is 2. The zero-order valence-corrected chi connectivity index (χ0v) is 25.8. The predicted octanol–water partition coefficient (Wildman–Crippen LogP) is 4.48. The van der Waals surface area contributed by atoms with Crippen molar-refractivity contribution in [3.8, 4) is 17.1 Å². The quantitative estimate of drug-likeness (QED) is 0.355. The molecule has 0 radical (unpaired) electrons. The third kappa shape index (κ3) is 7.22. The van der Waals surface area contributed by atoms with Gasteiger partial charge >= 0.3 is 0 Å². The van der Waals surface area contributed by atoms with Gasteiger partial charge in [0, 0.05) is 42.7 Å². The normalized spacial score (nSPS) is 18.3. The molecule has 11 heteroatoms. The van der Waals surface area contributed by atoms with Crippen LogP contribution in [0, 0.1) is 19.8 Å². The van der Waals surface area contributed by atoms with Crippen LogP contribution < -0.4 is 9.46 Å². The van der Waals surface area contributed by atoms with Gasteiger partial charge in [0.2, 0.25) is 17.7 Å². The maximum absolute atomic E-state index is 13.2. The van der Waals surface area contributed by atoms with Crippen LogP contribution in [-0.4, -0.2) is 79.7 Å². The minimum absolute atomic E-state index is 0.0499. The molecule has 2 heterocycles. The molecular formula is C32H39N5O5S. The van der Waals surface area contributed by atoms with Crippen molar-refractivity contribution in [3.05, 3.63) is 65.2 Å². The van der Waals surface area contributed by atoms with E-state index in [4.69, 9.17) is 4.74 Å². The molecule has 228 valence electrons. The van der Waals surface area contributed by atoms with Gasteiger partial charge in [-0.1, -0.05) is 49.6 Å². The minimum atomic E-state index is -4.10. The highest BCUT2D eigenvalue weighted by Gasteiger charge is 2.32. The van der Waals surface area contributed by atoms with Crippen molar-refractivity contribution >= 4 is 28.2 Å². The molecule has 10 nitrogen and oxygen atoms in total. The Morgan fingerprint density at radius 2 is 1.74 bits per heavy atom. The van der Waals surface area contributed by atoms with Crippen LogP contribution in [0.1, 0.15) is 53.6 Å². The van der Waals surface area contributed by atoms with Gasteiger partial charge in [-0.15, -0.1) is 0 Å². The average Bonchev–Trinajstić information content (AvgIpc) is 3.00. The van der Waals surface area contributed by atoms with Gasteiger partial charge in [0.25, 0.3) is 10.0 Å². The molecule has 1 N–H and O–H groups in total. The van der Waals surface area contributed by atoms with E-state index in [0.717, 1.165) is 48.9 Å². The summed E-state index contributed by atoms with van der Waals surface area (Å²) in [6.45, 7) is 6.21. The number of hydrogen-bond acceptors (Lipinski definition) is 8. The van der Waals surface area contributed by atoms with E-state index >= 15 is 0 Å². The molecule has 1 saturated carbocycles. The number of anilines is 1. The number of nitrogens with one attached hydrogen (secondary N) is 1. The van der Waals surface area contributed by atoms with Gasteiger partial charge in [-0.05, 0) is 57.0 Å². The van der Waals surface area contributed by atoms with E-state index in [1.807, 2.05) is 44.0 Å². The highest BCUT2D eigenvalue weighted by molar-refractivity contribution is 7.92. The van der Waals surface area contributed by atoms with Crippen molar-refractivity contribution in [1.82, 2.24) is 19.8 Å². The first-order valence-electron chi connectivity index (χ1n) is 14.8. The summed E-state index contributed by atoms with van der Waals surface area (Å²) >= 11 is 0. The Labute approximate surface area is 253 Å². The summed E-state index contributed by atoms with van der Waals surface area (Å²) in [4.78, 5) is 37.5. The Balaban J connectivity index is 1.40. The van der Waals surface area contributed by atoms with E-state index < -0.39 is 10.0 Å². The lowest BCUT2D eigenvalue weighted by atomic mass is 9.88. The maximum atomic E-state index is 13.2. The number of benzene rings is 2. The number of piperazine rings is 1. The maximum Gasteiger partial charge on any atom is 0.264 e. The molecule has 1 amide bonds. The standard InChI is InChI=1S/C32H39N5O5S/c1-22-9-7-10-23(2)30(22)28-18-29(34-32(33-28)35-43(40,41)27-14-8-11-24(17-27)20-38)42-21-26-19-37(16-15-36(26)3)31(39)25-12-5-4-6-13-25/h7-11,14,17-18,20,25-26H,4-6,12-13,15-16,19,21H2,1-3H3,(H,33,34,35)/t26-/m1/s1. The molecule has 1 saturated heterocycles. The summed E-state index contributed by atoms with van der Waals surface area (Å²) in [7, 11) is -2.08. The summed E-state index contributed by atoms with van der Waals surface area (Å²) in [6, 6.07) is 13.3. The molecule has 2 fully saturated rings. The van der Waals surface area contributed by atoms with E-state index in [0.29, 0.717) is 25.1 Å². The van der Waals surface area contributed by atoms with Crippen LogP contribution in [-0.2, 0) is 14.8 Å². The van der Waals surface area contributed by atoms with Gasteiger partial charge in [-0.25, -0.2) is 18.1 Å². The van der Waals surface area contributed by atoms with Crippen LogP contribution in [0.4, 0.5) is 5.95 Å². The smallest absolute Gasteiger partial charge is 0.264 e. The number of aryl methyl sites for hydroxylation is 2. The summed E-state index contributed by atoms with van der Waals surface area (Å²) < 4.78 is 35.2. The summed E-state index contributed by atoms with van der Waals surface area (Å²) in [5.74, 6) is 0.435. The van der Waals surface area contributed by atoms with Crippen molar-refractivity contribution in [1.29, 1.82) is 0 Å². The highest BCUT2D eigenvalue weighted by Crippen LogP contribution is 2.30. The van der Waals surface area contributed by atoms with E-state index in [1.54, 1.807) is 6.07 Å². The van der Waals surface area contributed by atoms with Gasteiger partial charge in [0.1, 0.15) is 12.9 Å². The SMILES string of the molecule is Cc1cccc(C)c1-c1cc(OC[C@H]2CN(C(=O)C3CCCCC3)CCN2C)nc(NS(=O)(=O)c2cccc(C=O)c2)n1. The number of carbonyl (C=O) groups excluding carboxylic acids is 2. The molecule has 1 aliphatic carbocycles. The Bertz CT molecular complexity index is 1570. The first kappa shape index (κ1) is 30.6. The molecule has 43 heavy (non-hydrogen) atoms. The first-order valence-corrected chi connectivity index (χ1v) is 16.3. The molecule has 3 aromatic rings. The molecule has 0 spiro atoms. The van der Waals surface area contributed by atoms with Gasteiger partial charge in [-0.3, -0.25) is 14.5 Å². The second-order valence-electron chi connectivity index (χ2n) is 11.5. The van der Waals surface area contributed by atoms with Crippen molar-refractivity contribution in [2.24, 2.45) is 5.92 Å². The Kier molecular flexibility index (Phi) is 9.41. The van der Waals surface area contributed by atoms with Crippen LogP contribution in [0.5, 0.6) is 5.88 Å². The molecule has 2 aromatic carbocycles. The van der Waals surface area contributed by atoms with Crippen molar-refractivity contribution in [2.45, 2.75) is 56.9 Å². The molecule has 1 aromatic heterocycles. The predicted molar refractivity (Wildman–Crippen MR) is 165 cm³/mol. The highest BCUT2D eigenvalue weighted by atomic mass is 32.2. The zero-order valence-electron chi connectivity index (χ0n) is 25.0. The number of aldehydes is 1. The van der Waals surface area contributed by atoms with E-state index in [-0.39, 0.29) is 46.8 Å². The number of nitrogens with zero attached hydrogens (tertiary/aromatic N) is 4. The fraction of sp³-hybridized carbons (Fsp3) is 0.438. The molecule has 1 atom stereocenters. The van der Waals surface area contributed by atoms with E-state index in [2.05, 4.69) is 19.6 Å². The second kappa shape index (κ2) is 13.2. The fourth-order valence-electron chi connectivity index (χ4n) is 5.94. The van der Waals surface area contributed by atoms with Crippen molar-refractivity contribution in [3.63, 3.8) is 0 Å². The summed E-state index contributed by atoms with van der Waals surface area (Å²) in [5.41, 5.74) is 3.56. The number of likely N-dealkylation sites (N-methyl/N-ethyl adjacent to an activating group) is 1. The third-order valence-electron chi connectivity index (χ3n) is 8.44. The lowest BCUT2D eigenvalue weighted by molar-refractivity contribution is -0.139. The second-order valence-corrected chi connectivity index (χ2v) is 13.2. The molecular weight excluding hydrogens is 566 g/mol. The Morgan fingerprint density at radius 3 is 2.47 bits per heavy atom. The molecule has 1 aliphatic heterocycles. The van der Waals surface area contributed by atoms with Crippen LogP contribution >= 0.6 is 0 Å². The lowest BCUT2D eigenvalue weighted by Gasteiger charge is -2.40. The topological polar surface area (TPSA) is 122 Å². The summed E-state index contributed by atoms with van der Waals surface area (Å²) in [6.07, 6.45) is 5.95. The summed E-state index contributed by atoms with van der Waals surface area (Å²) in [5, 5.41) is 0. The minimum Gasteiger partial charge on any atom is -0.476 e. The van der Waals surface area contributed by atoms with E-state index in [1.165, 1.54) is 30.7 Å². The molecule has 2 aliphatic rings. The van der Waals surface area contributed by atoms with Crippen LogP contribution in [0.15, 0.2) is 53.4 Å². The van der Waals surface area contributed by atoms with Crippen LogP contribution in [0.25, 0.3) is 11.3 Å². The van der Waals surface area contributed by atoms with Gasteiger partial charge < -0.3 is 9.64 Å². The molecule has 5 rings (SSSR count). The van der Waals surface area contributed by atoms with Crippen molar-refractivity contribution in [2.75, 3.05) is 38.0 Å². The van der Waals surface area contributed by atoms with Gasteiger partial charge in [-0.2, -0.15) is 4.98 Å². The monoisotopic (exact) mass is 605 g/mol. The van der Waals surface area contributed by atoms with Gasteiger partial charge in [0.05, 0.1) is 16.6 Å². The third-order valence-corrected chi connectivity index (χ3v) is 9.76. The van der Waals surface area contributed by atoms with Crippen LogP contribution in [0.3, 0.4) is 0 Å². The average molecular weight is 606 g/mol. The van der Waals surface area contributed by atoms with E-state index in [9.17, 15) is 18.0 Å². The number of sulfonamides is 1. The number of rotatable bonds is 9. The van der Waals surface area contributed by atoms with Gasteiger partial charge in [0.15, 0.2) is 0 Å². The molecule has 0 bridgehead atoms. The lowest BCUT2D eigenvalue weighted by Crippen LogP contribution is -2.56. The largest absolute Gasteiger partial charge is 0.476 e.